The number of aliphatic hydroxyl groups is 1. The van der Waals surface area contributed by atoms with Crippen LogP contribution < -0.4 is 15.4 Å². The first kappa shape index (κ1) is 25.9. The molecule has 0 radical (unpaired) electrons. The lowest BCUT2D eigenvalue weighted by atomic mass is 10.0. The van der Waals surface area contributed by atoms with E-state index in [-0.39, 0.29) is 36.6 Å². The normalized spacial score (nSPS) is 13.7. The van der Waals surface area contributed by atoms with Crippen molar-refractivity contribution < 1.29 is 14.6 Å². The van der Waals surface area contributed by atoms with Gasteiger partial charge in [-0.15, -0.1) is 24.0 Å². The van der Waals surface area contributed by atoms with E-state index in [0.29, 0.717) is 25.1 Å². The Labute approximate surface area is 181 Å². The summed E-state index contributed by atoms with van der Waals surface area (Å²) in [7, 11) is 1.67. The molecule has 1 aromatic rings. The molecule has 1 aromatic carbocycles. The first-order valence-electron chi connectivity index (χ1n) is 9.32. The molecule has 0 aliphatic carbocycles. The minimum atomic E-state index is -0.618. The van der Waals surface area contributed by atoms with Crippen LogP contribution in [0.1, 0.15) is 44.9 Å². The average molecular weight is 493 g/mol. The number of aliphatic imine (C=N–C) groups is 1. The second-order valence-corrected chi connectivity index (χ2v) is 6.92. The van der Waals surface area contributed by atoms with Gasteiger partial charge in [0.25, 0.3) is 0 Å². The van der Waals surface area contributed by atoms with E-state index >= 15 is 0 Å². The fourth-order valence-electron chi connectivity index (χ4n) is 2.48. The number of nitrogens with zero attached hydrogens (tertiary/aromatic N) is 1. The van der Waals surface area contributed by atoms with Gasteiger partial charge in [-0.25, -0.2) is 0 Å². The number of methoxy groups -OCH3 is 1. The molecule has 7 heteroatoms. The van der Waals surface area contributed by atoms with Gasteiger partial charge >= 0.3 is 0 Å². The topological polar surface area (TPSA) is 75.1 Å². The number of hydrogen-bond donors (Lipinski definition) is 3. The second-order valence-electron chi connectivity index (χ2n) is 6.92. The second kappa shape index (κ2) is 14.0. The Kier molecular flexibility index (Phi) is 13.5. The molecule has 0 bridgehead atoms. The van der Waals surface area contributed by atoms with Gasteiger partial charge in [0, 0.05) is 18.7 Å². The van der Waals surface area contributed by atoms with E-state index in [9.17, 15) is 5.11 Å². The smallest absolute Gasteiger partial charge is 0.191 e. The molecule has 6 nitrogen and oxygen atoms in total. The van der Waals surface area contributed by atoms with Crippen LogP contribution in [0.2, 0.25) is 0 Å². The van der Waals surface area contributed by atoms with Crippen molar-refractivity contribution in [3.05, 3.63) is 29.3 Å². The van der Waals surface area contributed by atoms with Crippen LogP contribution in [0, 0.1) is 12.8 Å². The van der Waals surface area contributed by atoms with Gasteiger partial charge in [-0.3, -0.25) is 4.99 Å². The van der Waals surface area contributed by atoms with Crippen LogP contribution in [0.5, 0.6) is 5.75 Å². The lowest BCUT2D eigenvalue weighted by Gasteiger charge is -2.21. The summed E-state index contributed by atoms with van der Waals surface area (Å²) in [6.07, 6.45) is -0.618. The van der Waals surface area contributed by atoms with Gasteiger partial charge in [-0.05, 0) is 32.8 Å². The standard InChI is InChI=1S/C20H35N3O3.HI/c1-7-21-20(22-11-17(24)13-26-12-14(2)3)23-16(5)18-10-15(4)8-9-19(18)25-6;/h8-10,14,16-17,24H,7,11-13H2,1-6H3,(H2,21,22,23);1H. The van der Waals surface area contributed by atoms with E-state index in [1.807, 2.05) is 19.1 Å². The zero-order valence-electron chi connectivity index (χ0n) is 17.4. The number of rotatable bonds is 10. The predicted molar refractivity (Wildman–Crippen MR) is 122 cm³/mol. The van der Waals surface area contributed by atoms with Crippen molar-refractivity contribution in [2.24, 2.45) is 10.9 Å². The zero-order chi connectivity index (χ0) is 19.5. The maximum absolute atomic E-state index is 10.0. The third-order valence-corrected chi connectivity index (χ3v) is 3.77. The number of benzene rings is 1. The first-order chi connectivity index (χ1) is 12.4. The Morgan fingerprint density at radius 1 is 1.22 bits per heavy atom. The van der Waals surface area contributed by atoms with Crippen LogP contribution >= 0.6 is 24.0 Å². The minimum absolute atomic E-state index is 0. The fraction of sp³-hybridized carbons (Fsp3) is 0.650. The van der Waals surface area contributed by atoms with Gasteiger partial charge < -0.3 is 25.2 Å². The van der Waals surface area contributed by atoms with E-state index < -0.39 is 6.10 Å². The van der Waals surface area contributed by atoms with Gasteiger partial charge in [0.1, 0.15) is 5.75 Å². The lowest BCUT2D eigenvalue weighted by molar-refractivity contribution is 0.0301. The Hall–Kier alpha value is -1.06. The van der Waals surface area contributed by atoms with E-state index in [4.69, 9.17) is 9.47 Å². The molecule has 2 atom stereocenters. The predicted octanol–water partition coefficient (Wildman–Crippen LogP) is 3.27. The highest BCUT2D eigenvalue weighted by Gasteiger charge is 2.14. The van der Waals surface area contributed by atoms with Crippen molar-refractivity contribution in [1.82, 2.24) is 10.6 Å². The number of guanidine groups is 1. The molecule has 2 unspecified atom stereocenters. The Balaban J connectivity index is 0.00000676. The fourth-order valence-corrected chi connectivity index (χ4v) is 2.48. The molecular formula is C20H36IN3O3. The zero-order valence-corrected chi connectivity index (χ0v) is 19.7. The van der Waals surface area contributed by atoms with Crippen LogP contribution in [0.3, 0.4) is 0 Å². The molecule has 0 spiro atoms. The molecule has 0 saturated carbocycles. The molecule has 3 N–H and O–H groups in total. The summed E-state index contributed by atoms with van der Waals surface area (Å²) in [4.78, 5) is 4.48. The van der Waals surface area contributed by atoms with Crippen LogP contribution in [0.4, 0.5) is 0 Å². The molecule has 1 rings (SSSR count). The number of aryl methyl sites for hydroxylation is 1. The quantitative estimate of drug-likeness (QED) is 0.265. The van der Waals surface area contributed by atoms with Gasteiger partial charge in [0.05, 0.1) is 32.4 Å². The number of aliphatic hydroxyl groups excluding tert-OH is 1. The number of nitrogens with one attached hydrogen (secondary N) is 2. The van der Waals surface area contributed by atoms with Gasteiger partial charge in [0.15, 0.2) is 5.96 Å². The van der Waals surface area contributed by atoms with Crippen molar-refractivity contribution in [3.63, 3.8) is 0 Å². The van der Waals surface area contributed by atoms with Gasteiger partial charge in [-0.1, -0.05) is 31.5 Å². The molecule has 0 aliphatic heterocycles. The summed E-state index contributed by atoms with van der Waals surface area (Å²) < 4.78 is 10.9. The maximum Gasteiger partial charge on any atom is 0.191 e. The average Bonchev–Trinajstić information content (AvgIpc) is 2.59. The summed E-state index contributed by atoms with van der Waals surface area (Å²) in [6, 6.07) is 6.12. The van der Waals surface area contributed by atoms with E-state index in [1.165, 1.54) is 5.56 Å². The summed E-state index contributed by atoms with van der Waals surface area (Å²) in [6.45, 7) is 12.3. The summed E-state index contributed by atoms with van der Waals surface area (Å²) in [5.41, 5.74) is 2.24. The monoisotopic (exact) mass is 493 g/mol. The Morgan fingerprint density at radius 3 is 2.52 bits per heavy atom. The van der Waals surface area contributed by atoms with Gasteiger partial charge in [0.2, 0.25) is 0 Å². The molecule has 0 aromatic heterocycles. The van der Waals surface area contributed by atoms with Gasteiger partial charge in [-0.2, -0.15) is 0 Å². The van der Waals surface area contributed by atoms with Crippen LogP contribution in [0.25, 0.3) is 0 Å². The molecule has 27 heavy (non-hydrogen) atoms. The van der Waals surface area contributed by atoms with Crippen molar-refractivity contribution in [2.45, 2.75) is 46.8 Å². The SMILES string of the molecule is CCNC(=NCC(O)COCC(C)C)NC(C)c1cc(C)ccc1OC.I. The summed E-state index contributed by atoms with van der Waals surface area (Å²) in [5, 5.41) is 16.6. The molecule has 0 fully saturated rings. The molecule has 0 aliphatic rings. The van der Waals surface area contributed by atoms with E-state index in [1.54, 1.807) is 7.11 Å². The number of halogens is 1. The number of ether oxygens (including phenoxy) is 2. The molecule has 156 valence electrons. The summed E-state index contributed by atoms with van der Waals surface area (Å²) >= 11 is 0. The molecule has 0 saturated heterocycles. The van der Waals surface area contributed by atoms with Crippen molar-refractivity contribution in [3.8, 4) is 5.75 Å². The van der Waals surface area contributed by atoms with Crippen molar-refractivity contribution >= 4 is 29.9 Å². The van der Waals surface area contributed by atoms with Crippen molar-refractivity contribution in [1.29, 1.82) is 0 Å². The Morgan fingerprint density at radius 2 is 1.93 bits per heavy atom. The van der Waals surface area contributed by atoms with Crippen LogP contribution in [-0.4, -0.2) is 50.6 Å². The molecular weight excluding hydrogens is 457 g/mol. The van der Waals surface area contributed by atoms with E-state index in [0.717, 1.165) is 17.9 Å². The van der Waals surface area contributed by atoms with Crippen LogP contribution in [-0.2, 0) is 4.74 Å². The maximum atomic E-state index is 10.0. The lowest BCUT2D eigenvalue weighted by Crippen LogP contribution is -2.39. The minimum Gasteiger partial charge on any atom is -0.496 e. The van der Waals surface area contributed by atoms with Crippen LogP contribution in [0.15, 0.2) is 23.2 Å². The molecule has 0 heterocycles. The largest absolute Gasteiger partial charge is 0.496 e. The van der Waals surface area contributed by atoms with E-state index in [2.05, 4.69) is 49.4 Å². The highest BCUT2D eigenvalue weighted by Crippen LogP contribution is 2.25. The highest BCUT2D eigenvalue weighted by atomic mass is 127. The summed E-state index contributed by atoms with van der Waals surface area (Å²) in [5.74, 6) is 1.95. The Bertz CT molecular complexity index is 567. The molecule has 0 amide bonds. The van der Waals surface area contributed by atoms with Crippen molar-refractivity contribution in [2.75, 3.05) is 33.4 Å². The third-order valence-electron chi connectivity index (χ3n) is 3.77. The highest BCUT2D eigenvalue weighted by molar-refractivity contribution is 14.0. The number of hydrogen-bond acceptors (Lipinski definition) is 4. The first-order valence-corrected chi connectivity index (χ1v) is 9.32. The third kappa shape index (κ3) is 10.2.